The summed E-state index contributed by atoms with van der Waals surface area (Å²) in [7, 11) is -3.11. The molecule has 0 nitrogen and oxygen atoms in total. The molecule has 2 aliphatic rings. The molecule has 0 heterocycles. The first-order chi connectivity index (χ1) is 25.2. The van der Waals surface area contributed by atoms with Crippen LogP contribution >= 0.6 is 0 Å². The van der Waals surface area contributed by atoms with E-state index in [2.05, 4.69) is 186 Å². The predicted molar refractivity (Wildman–Crippen MR) is 240 cm³/mol. The van der Waals surface area contributed by atoms with Gasteiger partial charge in [-0.05, 0) is 61.8 Å². The number of rotatable bonds is 12. The summed E-state index contributed by atoms with van der Waals surface area (Å²) in [5.41, 5.74) is 12.7. The monoisotopic (exact) mass is 736 g/mol. The molecule has 0 amide bonds. The van der Waals surface area contributed by atoms with Gasteiger partial charge >= 0.3 is 0 Å². The first-order valence-corrected chi connectivity index (χ1v) is 26.3. The molecule has 0 aromatic heterocycles. The summed E-state index contributed by atoms with van der Waals surface area (Å²) < 4.78 is 0. The van der Waals surface area contributed by atoms with Gasteiger partial charge in [-0.2, -0.15) is 0 Å². The summed E-state index contributed by atoms with van der Waals surface area (Å²) in [6, 6.07) is 43.3. The number of hydrogen-bond donors (Lipinski definition) is 0. The Morgan fingerprint density at radius 2 is 0.849 bits per heavy atom. The molecule has 0 unspecified atom stereocenters. The lowest BCUT2D eigenvalue weighted by atomic mass is 9.58. The highest BCUT2D eigenvalue weighted by Gasteiger charge is 2.51. The van der Waals surface area contributed by atoms with Crippen LogP contribution in [0, 0.1) is 0 Å². The van der Waals surface area contributed by atoms with Crippen LogP contribution < -0.4 is 10.4 Å². The average molecular weight is 737 g/mol. The summed E-state index contributed by atoms with van der Waals surface area (Å²) in [6.07, 6.45) is 8.17. The van der Waals surface area contributed by atoms with Crippen LogP contribution in [0.2, 0.25) is 36.3 Å². The molecule has 0 aliphatic heterocycles. The Balaban J connectivity index is 1.75. The molecule has 2 aliphatic carbocycles. The topological polar surface area (TPSA) is 0 Å². The van der Waals surface area contributed by atoms with Crippen molar-refractivity contribution in [2.45, 2.75) is 148 Å². The fourth-order valence-corrected chi connectivity index (χ4v) is 17.6. The minimum atomic E-state index is -1.55. The van der Waals surface area contributed by atoms with E-state index in [1.165, 1.54) is 86.3 Å². The standard InChI is InChI=1S/C51H68Si2/c1-13-52(14-2,15-3)42-29-23-38(24-30-42)51(37-21-19-20-22-37,39-25-31-43(32-26-39)53(16-4,17-5)18-6)48-46-35-40(49(7,8)9)27-33-44(46)45-34-28-41(36-47(45)48)50(10,11)12/h19-21,23-36,48H,13-18,22H2,1-12H3. The maximum absolute atomic E-state index is 2.60. The van der Waals surface area contributed by atoms with Gasteiger partial charge in [0.15, 0.2) is 0 Å². The second kappa shape index (κ2) is 14.8. The zero-order valence-electron chi connectivity index (χ0n) is 35.3. The van der Waals surface area contributed by atoms with E-state index in [1.807, 2.05) is 0 Å². The van der Waals surface area contributed by atoms with Gasteiger partial charge in [-0.15, -0.1) is 0 Å². The van der Waals surface area contributed by atoms with E-state index in [1.54, 1.807) is 10.4 Å². The summed E-state index contributed by atoms with van der Waals surface area (Å²) >= 11 is 0. The fraction of sp³-hybridized carbons (Fsp3) is 0.451. The molecule has 0 saturated heterocycles. The van der Waals surface area contributed by atoms with Crippen molar-refractivity contribution in [3.8, 4) is 11.1 Å². The van der Waals surface area contributed by atoms with Crippen LogP contribution in [0.25, 0.3) is 11.1 Å². The van der Waals surface area contributed by atoms with E-state index in [-0.39, 0.29) is 22.2 Å². The Morgan fingerprint density at radius 3 is 1.15 bits per heavy atom. The van der Waals surface area contributed by atoms with E-state index in [9.17, 15) is 0 Å². The lowest BCUT2D eigenvalue weighted by molar-refractivity contribution is 0.522. The molecule has 0 N–H and O–H groups in total. The van der Waals surface area contributed by atoms with Crippen molar-refractivity contribution >= 4 is 26.5 Å². The lowest BCUT2D eigenvalue weighted by Gasteiger charge is -2.44. The minimum Gasteiger partial charge on any atom is -0.0804 e. The maximum Gasteiger partial charge on any atom is 0.0859 e. The van der Waals surface area contributed by atoms with Gasteiger partial charge in [0.2, 0.25) is 0 Å². The highest BCUT2D eigenvalue weighted by Crippen LogP contribution is 2.61. The van der Waals surface area contributed by atoms with E-state index < -0.39 is 16.1 Å². The third-order valence-electron chi connectivity index (χ3n) is 14.4. The molecule has 2 heteroatoms. The van der Waals surface area contributed by atoms with Crippen LogP contribution in [-0.4, -0.2) is 16.1 Å². The van der Waals surface area contributed by atoms with Gasteiger partial charge in [-0.3, -0.25) is 0 Å². The third kappa shape index (κ3) is 6.54. The van der Waals surface area contributed by atoms with Crippen LogP contribution in [0.4, 0.5) is 0 Å². The number of fused-ring (bicyclic) bond motifs is 3. The molecule has 0 fully saturated rings. The predicted octanol–water partition coefficient (Wildman–Crippen LogP) is 13.7. The zero-order chi connectivity index (χ0) is 38.4. The van der Waals surface area contributed by atoms with Crippen LogP contribution in [0.3, 0.4) is 0 Å². The van der Waals surface area contributed by atoms with Gasteiger partial charge in [0.25, 0.3) is 0 Å². The van der Waals surface area contributed by atoms with Crippen molar-refractivity contribution in [1.29, 1.82) is 0 Å². The minimum absolute atomic E-state index is 0.0495. The zero-order valence-corrected chi connectivity index (χ0v) is 37.3. The molecule has 0 saturated carbocycles. The molecular weight excluding hydrogens is 669 g/mol. The largest absolute Gasteiger partial charge is 0.0859 e. The molecule has 4 aromatic rings. The average Bonchev–Trinajstić information content (AvgIpc) is 3.82. The number of allylic oxidation sites excluding steroid dienone is 4. The highest BCUT2D eigenvalue weighted by atomic mass is 28.3. The van der Waals surface area contributed by atoms with Crippen molar-refractivity contribution in [2.24, 2.45) is 0 Å². The normalized spacial score (nSPS) is 15.1. The fourth-order valence-electron chi connectivity index (χ4n) is 10.4. The summed E-state index contributed by atoms with van der Waals surface area (Å²) in [5.74, 6) is 0.135. The number of hydrogen-bond acceptors (Lipinski definition) is 0. The summed E-state index contributed by atoms with van der Waals surface area (Å²) in [4.78, 5) is 0. The third-order valence-corrected chi connectivity index (χ3v) is 25.7. The summed E-state index contributed by atoms with van der Waals surface area (Å²) in [6.45, 7) is 28.8. The highest BCUT2D eigenvalue weighted by molar-refractivity contribution is 6.92. The summed E-state index contributed by atoms with van der Waals surface area (Å²) in [5, 5.41) is 3.25. The molecule has 0 bridgehead atoms. The molecule has 4 aromatic carbocycles. The molecule has 53 heavy (non-hydrogen) atoms. The van der Waals surface area contributed by atoms with Crippen LogP contribution in [-0.2, 0) is 16.2 Å². The van der Waals surface area contributed by atoms with Crippen molar-refractivity contribution in [3.05, 3.63) is 142 Å². The molecule has 6 rings (SSSR count). The quantitative estimate of drug-likeness (QED) is 0.127. The van der Waals surface area contributed by atoms with Gasteiger partial charge in [-0.1, -0.05) is 238 Å². The smallest absolute Gasteiger partial charge is 0.0804 e. The van der Waals surface area contributed by atoms with Gasteiger partial charge < -0.3 is 0 Å². The Labute approximate surface area is 326 Å². The van der Waals surface area contributed by atoms with Crippen molar-refractivity contribution in [2.75, 3.05) is 0 Å². The Bertz CT molecular complexity index is 1820. The Morgan fingerprint density at radius 1 is 0.491 bits per heavy atom. The van der Waals surface area contributed by atoms with Crippen molar-refractivity contribution in [3.63, 3.8) is 0 Å². The van der Waals surface area contributed by atoms with Gasteiger partial charge in [0, 0.05) is 5.92 Å². The van der Waals surface area contributed by atoms with E-state index in [0.717, 1.165) is 6.42 Å². The maximum atomic E-state index is 2.60. The molecule has 0 atom stereocenters. The molecular formula is C51H68Si2. The second-order valence-corrected chi connectivity index (χ2v) is 29.0. The van der Waals surface area contributed by atoms with Crippen molar-refractivity contribution in [1.82, 2.24) is 0 Å². The van der Waals surface area contributed by atoms with Gasteiger partial charge in [-0.25, -0.2) is 0 Å². The first kappa shape index (κ1) is 39.5. The Hall–Kier alpha value is -3.21. The van der Waals surface area contributed by atoms with Gasteiger partial charge in [0.05, 0.1) is 21.6 Å². The first-order valence-electron chi connectivity index (χ1n) is 21.1. The number of benzene rings is 4. The van der Waals surface area contributed by atoms with E-state index in [4.69, 9.17) is 0 Å². The van der Waals surface area contributed by atoms with Crippen LogP contribution in [0.5, 0.6) is 0 Å². The van der Waals surface area contributed by atoms with Crippen molar-refractivity contribution < 1.29 is 0 Å². The van der Waals surface area contributed by atoms with E-state index >= 15 is 0 Å². The molecule has 280 valence electrons. The van der Waals surface area contributed by atoms with Crippen LogP contribution in [0.15, 0.2) is 109 Å². The molecule has 0 spiro atoms. The van der Waals surface area contributed by atoms with E-state index in [0.29, 0.717) is 0 Å². The molecule has 0 radical (unpaired) electrons. The SMILES string of the molecule is CC[Si](CC)(CC)c1ccc(C(C2=CC=CC2)(c2ccc([Si](CC)(CC)CC)cc2)C2c3cc(C(C)(C)C)ccc3-c3ccc(C(C)(C)C)cc32)cc1. The van der Waals surface area contributed by atoms with Gasteiger partial charge in [0.1, 0.15) is 0 Å². The lowest BCUT2D eigenvalue weighted by Crippen LogP contribution is -2.46. The second-order valence-electron chi connectivity index (χ2n) is 18.5. The van der Waals surface area contributed by atoms with Crippen LogP contribution in [0.1, 0.15) is 129 Å². The Kier molecular flexibility index (Phi) is 11.0.